The topological polar surface area (TPSA) is 37.6 Å². The minimum atomic E-state index is -0.364. The molecule has 39 heavy (non-hydrogen) atoms. The van der Waals surface area contributed by atoms with Crippen LogP contribution in [0.3, 0.4) is 0 Å². The van der Waals surface area contributed by atoms with Gasteiger partial charge in [-0.25, -0.2) is 4.98 Å². The highest BCUT2D eigenvalue weighted by Crippen LogP contribution is 2.29. The van der Waals surface area contributed by atoms with Gasteiger partial charge in [0.25, 0.3) is 0 Å². The Hall–Kier alpha value is -4.48. The molecule has 0 aliphatic carbocycles. The van der Waals surface area contributed by atoms with Crippen LogP contribution in [-0.4, -0.2) is 26.7 Å². The van der Waals surface area contributed by atoms with Gasteiger partial charge in [0.15, 0.2) is 4.96 Å². The molecule has 0 saturated carbocycles. The molecule has 1 amide bonds. The van der Waals surface area contributed by atoms with Crippen LogP contribution >= 0.6 is 11.3 Å². The smallest absolute Gasteiger partial charge is 0.234 e. The van der Waals surface area contributed by atoms with E-state index < -0.39 is 0 Å². The van der Waals surface area contributed by atoms with Crippen LogP contribution in [0.5, 0.6) is 0 Å². The van der Waals surface area contributed by atoms with Crippen molar-refractivity contribution in [2.45, 2.75) is 18.9 Å². The molecule has 2 heterocycles. The Morgan fingerprint density at radius 2 is 1.33 bits per heavy atom. The van der Waals surface area contributed by atoms with Crippen molar-refractivity contribution < 1.29 is 4.79 Å². The summed E-state index contributed by atoms with van der Waals surface area (Å²) in [5, 5.41) is 2.16. The summed E-state index contributed by atoms with van der Waals surface area (Å²) in [6.45, 7) is 1.16. The van der Waals surface area contributed by atoms with E-state index in [1.54, 1.807) is 11.3 Å². The number of carbonyl (C=O) groups is 1. The molecule has 192 valence electrons. The van der Waals surface area contributed by atoms with Gasteiger partial charge in [-0.15, -0.1) is 11.3 Å². The van der Waals surface area contributed by atoms with Crippen molar-refractivity contribution in [3.05, 3.63) is 155 Å². The van der Waals surface area contributed by atoms with Gasteiger partial charge < -0.3 is 4.90 Å². The van der Waals surface area contributed by atoms with E-state index in [0.29, 0.717) is 13.1 Å². The molecule has 5 heteroatoms. The van der Waals surface area contributed by atoms with Gasteiger partial charge in [0.05, 0.1) is 11.6 Å². The van der Waals surface area contributed by atoms with Gasteiger partial charge in [0, 0.05) is 42.3 Å². The lowest BCUT2D eigenvalue weighted by molar-refractivity contribution is -0.132. The van der Waals surface area contributed by atoms with E-state index in [1.807, 2.05) is 77.7 Å². The van der Waals surface area contributed by atoms with E-state index >= 15 is 0 Å². The van der Waals surface area contributed by atoms with Gasteiger partial charge >= 0.3 is 0 Å². The lowest BCUT2D eigenvalue weighted by Gasteiger charge is -2.28. The predicted molar refractivity (Wildman–Crippen MR) is 159 cm³/mol. The zero-order valence-corrected chi connectivity index (χ0v) is 22.4. The number of hydrogen-bond acceptors (Lipinski definition) is 3. The average molecular weight is 528 g/mol. The monoisotopic (exact) mass is 527 g/mol. The highest BCUT2D eigenvalue weighted by Gasteiger charge is 2.28. The normalized spacial score (nSPS) is 11.2. The van der Waals surface area contributed by atoms with Gasteiger partial charge in [-0.05, 0) is 16.7 Å². The highest BCUT2D eigenvalue weighted by molar-refractivity contribution is 7.15. The zero-order chi connectivity index (χ0) is 26.4. The van der Waals surface area contributed by atoms with E-state index in [-0.39, 0.29) is 11.8 Å². The van der Waals surface area contributed by atoms with Crippen LogP contribution in [0.25, 0.3) is 16.2 Å². The highest BCUT2D eigenvalue weighted by atomic mass is 32.1. The molecule has 0 saturated heterocycles. The second kappa shape index (κ2) is 11.5. The first-order chi connectivity index (χ1) is 19.3. The molecule has 2 aromatic heterocycles. The number of hydrogen-bond donors (Lipinski definition) is 0. The predicted octanol–water partition coefficient (Wildman–Crippen LogP) is 7.47. The summed E-state index contributed by atoms with van der Waals surface area (Å²) >= 11 is 1.64. The molecule has 0 aliphatic heterocycles. The first kappa shape index (κ1) is 24.8. The van der Waals surface area contributed by atoms with Gasteiger partial charge in [0.1, 0.15) is 0 Å². The van der Waals surface area contributed by atoms with Gasteiger partial charge in [0.2, 0.25) is 5.91 Å². The molecule has 4 aromatic carbocycles. The minimum Gasteiger partial charge on any atom is -0.337 e. The maximum Gasteiger partial charge on any atom is 0.234 e. The van der Waals surface area contributed by atoms with E-state index in [4.69, 9.17) is 4.98 Å². The van der Waals surface area contributed by atoms with Gasteiger partial charge in [-0.3, -0.25) is 9.20 Å². The van der Waals surface area contributed by atoms with Crippen molar-refractivity contribution >= 4 is 22.2 Å². The van der Waals surface area contributed by atoms with Crippen molar-refractivity contribution in [2.75, 3.05) is 6.54 Å². The second-order valence-corrected chi connectivity index (χ2v) is 10.5. The number of benzene rings is 4. The van der Waals surface area contributed by atoms with Crippen LogP contribution < -0.4 is 0 Å². The lowest BCUT2D eigenvalue weighted by Crippen LogP contribution is -2.37. The van der Waals surface area contributed by atoms with Crippen LogP contribution in [0.1, 0.15) is 28.3 Å². The SMILES string of the molecule is O=C(C(c1ccccc1)c1ccccc1)N(CCc1csc2nc(-c3ccccc3)cn12)Cc1ccccc1. The van der Waals surface area contributed by atoms with Crippen LogP contribution in [0.4, 0.5) is 0 Å². The van der Waals surface area contributed by atoms with Crippen LogP contribution in [-0.2, 0) is 17.8 Å². The third-order valence-electron chi connectivity index (χ3n) is 7.03. The largest absolute Gasteiger partial charge is 0.337 e. The second-order valence-electron chi connectivity index (χ2n) is 9.62. The quantitative estimate of drug-likeness (QED) is 0.196. The summed E-state index contributed by atoms with van der Waals surface area (Å²) in [6, 6.07) is 40.7. The number of thiazole rings is 1. The van der Waals surface area contributed by atoms with Crippen molar-refractivity contribution in [3.8, 4) is 11.3 Å². The number of aromatic nitrogens is 2. The molecule has 4 nitrogen and oxygen atoms in total. The Bertz CT molecular complexity index is 1600. The molecular weight excluding hydrogens is 498 g/mol. The Balaban J connectivity index is 1.31. The molecule has 0 radical (unpaired) electrons. The molecule has 0 unspecified atom stereocenters. The Morgan fingerprint density at radius 3 is 1.95 bits per heavy atom. The number of rotatable bonds is 9. The summed E-state index contributed by atoms with van der Waals surface area (Å²) in [5.41, 5.74) is 6.36. The molecule has 6 aromatic rings. The molecule has 0 N–H and O–H groups in total. The van der Waals surface area contributed by atoms with Crippen LogP contribution in [0.2, 0.25) is 0 Å². The molecule has 0 atom stereocenters. The van der Waals surface area contributed by atoms with Gasteiger partial charge in [-0.1, -0.05) is 121 Å². The van der Waals surface area contributed by atoms with Gasteiger partial charge in [-0.2, -0.15) is 0 Å². The van der Waals surface area contributed by atoms with Crippen molar-refractivity contribution in [1.29, 1.82) is 0 Å². The van der Waals surface area contributed by atoms with Crippen molar-refractivity contribution in [2.24, 2.45) is 0 Å². The fraction of sp³-hybridized carbons (Fsp3) is 0.118. The Kier molecular flexibility index (Phi) is 7.32. The fourth-order valence-corrected chi connectivity index (χ4v) is 5.94. The molecule has 0 fully saturated rings. The van der Waals surface area contributed by atoms with E-state index in [0.717, 1.165) is 45.0 Å². The van der Waals surface area contributed by atoms with E-state index in [9.17, 15) is 4.79 Å². The van der Waals surface area contributed by atoms with Crippen molar-refractivity contribution in [3.63, 3.8) is 0 Å². The lowest BCUT2D eigenvalue weighted by atomic mass is 9.89. The first-order valence-corrected chi connectivity index (χ1v) is 14.1. The first-order valence-electron chi connectivity index (χ1n) is 13.2. The molecule has 6 rings (SSSR count). The Labute approximate surface area is 232 Å². The average Bonchev–Trinajstić information content (AvgIpc) is 3.59. The van der Waals surface area contributed by atoms with E-state index in [2.05, 4.69) is 64.5 Å². The van der Waals surface area contributed by atoms with Crippen LogP contribution in [0, 0.1) is 0 Å². The third-order valence-corrected chi connectivity index (χ3v) is 7.92. The van der Waals surface area contributed by atoms with E-state index in [1.165, 1.54) is 0 Å². The molecule has 0 spiro atoms. The summed E-state index contributed by atoms with van der Waals surface area (Å²) in [6.07, 6.45) is 2.84. The summed E-state index contributed by atoms with van der Waals surface area (Å²) < 4.78 is 2.17. The summed E-state index contributed by atoms with van der Waals surface area (Å²) in [7, 11) is 0. The number of carbonyl (C=O) groups excluding carboxylic acids is 1. The maximum atomic E-state index is 14.4. The standard InChI is InChI=1S/C34H29N3OS/c38-33(32(28-17-9-3-10-18-28)29-19-11-4-12-20-29)36(23-26-13-5-1-6-14-26)22-21-30-25-39-34-35-31(24-37(30)34)27-15-7-2-8-16-27/h1-20,24-25,32H,21-23H2. The van der Waals surface area contributed by atoms with Crippen LogP contribution in [0.15, 0.2) is 133 Å². The molecular formula is C34H29N3OS. The number of nitrogens with zero attached hydrogens (tertiary/aromatic N) is 3. The number of imidazole rings is 1. The molecule has 0 bridgehead atoms. The number of fused-ring (bicyclic) bond motifs is 1. The zero-order valence-electron chi connectivity index (χ0n) is 21.6. The summed E-state index contributed by atoms with van der Waals surface area (Å²) in [4.78, 5) is 22.2. The summed E-state index contributed by atoms with van der Waals surface area (Å²) in [5.74, 6) is -0.255. The number of amides is 1. The maximum absolute atomic E-state index is 14.4. The van der Waals surface area contributed by atoms with Crippen molar-refractivity contribution in [1.82, 2.24) is 14.3 Å². The fourth-order valence-electron chi connectivity index (χ4n) is 5.03. The third kappa shape index (κ3) is 5.54. The minimum absolute atomic E-state index is 0.110. The molecule has 0 aliphatic rings. The Morgan fingerprint density at radius 1 is 0.769 bits per heavy atom.